The van der Waals surface area contributed by atoms with Gasteiger partial charge in [-0.05, 0) is 24.6 Å². The van der Waals surface area contributed by atoms with Gasteiger partial charge in [0.05, 0.1) is 23.0 Å². The maximum atomic E-state index is 11.1. The molecule has 15 heavy (non-hydrogen) atoms. The lowest BCUT2D eigenvalue weighted by Crippen LogP contribution is -2.27. The summed E-state index contributed by atoms with van der Waals surface area (Å²) in [5, 5.41) is 11.7. The maximum absolute atomic E-state index is 11.1. The molecular formula is C11H11BrN2O. The number of carbonyl (C=O) groups is 1. The summed E-state index contributed by atoms with van der Waals surface area (Å²) in [5.74, 6) is -0.0492. The van der Waals surface area contributed by atoms with E-state index in [1.807, 2.05) is 19.1 Å². The third-order valence-electron chi connectivity index (χ3n) is 2.04. The molecule has 1 N–H and O–H groups in total. The minimum Gasteiger partial charge on any atom is -0.349 e. The van der Waals surface area contributed by atoms with E-state index in [-0.39, 0.29) is 11.9 Å². The highest BCUT2D eigenvalue weighted by Crippen LogP contribution is 2.12. The normalized spacial score (nSPS) is 11.5. The highest BCUT2D eigenvalue weighted by molar-refractivity contribution is 9.09. The van der Waals surface area contributed by atoms with E-state index >= 15 is 0 Å². The van der Waals surface area contributed by atoms with Crippen LogP contribution in [0.3, 0.4) is 0 Å². The number of amides is 1. The molecule has 0 heterocycles. The average molecular weight is 267 g/mol. The fraction of sp³-hybridized carbons (Fsp3) is 0.273. The molecule has 1 amide bonds. The monoisotopic (exact) mass is 266 g/mol. The van der Waals surface area contributed by atoms with Crippen LogP contribution in [0.1, 0.15) is 24.1 Å². The predicted molar refractivity (Wildman–Crippen MR) is 61.5 cm³/mol. The van der Waals surface area contributed by atoms with Gasteiger partial charge in [0, 0.05) is 0 Å². The molecule has 0 spiro atoms. The molecule has 1 aromatic carbocycles. The Labute approximate surface area is 97.2 Å². The Morgan fingerprint density at radius 3 is 2.60 bits per heavy atom. The highest BCUT2D eigenvalue weighted by atomic mass is 79.9. The van der Waals surface area contributed by atoms with Gasteiger partial charge in [-0.1, -0.05) is 28.1 Å². The fourth-order valence-electron chi connectivity index (χ4n) is 1.21. The standard InChI is InChI=1S/C11H11BrN2O/c1-8(14-11(15)6-12)10-4-2-9(7-13)3-5-10/h2-5,8H,6H2,1H3,(H,14,15). The van der Waals surface area contributed by atoms with Crippen LogP contribution in [0.15, 0.2) is 24.3 Å². The third kappa shape index (κ3) is 3.37. The number of hydrogen-bond acceptors (Lipinski definition) is 2. The molecule has 0 saturated carbocycles. The van der Waals surface area contributed by atoms with Crippen LogP contribution in [0.4, 0.5) is 0 Å². The van der Waals surface area contributed by atoms with Gasteiger partial charge < -0.3 is 5.32 Å². The molecule has 1 unspecified atom stereocenters. The Balaban J connectivity index is 2.70. The molecule has 1 aromatic rings. The van der Waals surface area contributed by atoms with Crippen molar-refractivity contribution in [1.29, 1.82) is 5.26 Å². The average Bonchev–Trinajstić information content (AvgIpc) is 2.29. The first-order valence-corrected chi connectivity index (χ1v) is 5.65. The van der Waals surface area contributed by atoms with Crippen LogP contribution in [0.2, 0.25) is 0 Å². The molecule has 78 valence electrons. The van der Waals surface area contributed by atoms with Crippen molar-refractivity contribution in [2.45, 2.75) is 13.0 Å². The van der Waals surface area contributed by atoms with Crippen LogP contribution in [-0.2, 0) is 4.79 Å². The topological polar surface area (TPSA) is 52.9 Å². The minimum absolute atomic E-state index is 0.0391. The van der Waals surface area contributed by atoms with E-state index in [1.54, 1.807) is 12.1 Å². The quantitative estimate of drug-likeness (QED) is 0.853. The summed E-state index contributed by atoms with van der Waals surface area (Å²) >= 11 is 3.08. The van der Waals surface area contributed by atoms with Crippen molar-refractivity contribution < 1.29 is 4.79 Å². The van der Waals surface area contributed by atoms with Crippen molar-refractivity contribution in [2.24, 2.45) is 0 Å². The van der Waals surface area contributed by atoms with Crippen molar-refractivity contribution in [1.82, 2.24) is 5.32 Å². The van der Waals surface area contributed by atoms with Crippen molar-refractivity contribution in [2.75, 3.05) is 5.33 Å². The van der Waals surface area contributed by atoms with E-state index in [2.05, 4.69) is 27.3 Å². The van der Waals surface area contributed by atoms with Gasteiger partial charge in [0.15, 0.2) is 0 Å². The Bertz CT molecular complexity index is 381. The fourth-order valence-corrected chi connectivity index (χ4v) is 1.37. The number of alkyl halides is 1. The zero-order valence-electron chi connectivity index (χ0n) is 8.33. The lowest BCUT2D eigenvalue weighted by atomic mass is 10.1. The molecule has 0 aliphatic heterocycles. The summed E-state index contributed by atoms with van der Waals surface area (Å²) in [6.07, 6.45) is 0. The molecule has 1 rings (SSSR count). The molecule has 0 radical (unpaired) electrons. The zero-order valence-corrected chi connectivity index (χ0v) is 9.91. The van der Waals surface area contributed by atoms with Gasteiger partial charge in [-0.2, -0.15) is 5.26 Å². The SMILES string of the molecule is CC(NC(=O)CBr)c1ccc(C#N)cc1. The van der Waals surface area contributed by atoms with E-state index in [4.69, 9.17) is 5.26 Å². The summed E-state index contributed by atoms with van der Waals surface area (Å²) in [4.78, 5) is 11.1. The number of nitrogens with one attached hydrogen (secondary N) is 1. The Morgan fingerprint density at radius 1 is 1.53 bits per heavy atom. The van der Waals surface area contributed by atoms with Gasteiger partial charge in [0.1, 0.15) is 0 Å². The van der Waals surface area contributed by atoms with Crippen LogP contribution in [-0.4, -0.2) is 11.2 Å². The van der Waals surface area contributed by atoms with E-state index in [1.165, 1.54) is 0 Å². The summed E-state index contributed by atoms with van der Waals surface area (Å²) in [6.45, 7) is 1.90. The number of benzene rings is 1. The van der Waals surface area contributed by atoms with Crippen molar-refractivity contribution >= 4 is 21.8 Å². The third-order valence-corrected chi connectivity index (χ3v) is 2.55. The number of rotatable bonds is 3. The number of carbonyl (C=O) groups excluding carboxylic acids is 1. The summed E-state index contributed by atoms with van der Waals surface area (Å²) < 4.78 is 0. The zero-order chi connectivity index (χ0) is 11.3. The van der Waals surface area contributed by atoms with Gasteiger partial charge in [-0.15, -0.1) is 0 Å². The van der Waals surface area contributed by atoms with Crippen LogP contribution in [0.5, 0.6) is 0 Å². The molecule has 0 aliphatic rings. The lowest BCUT2D eigenvalue weighted by Gasteiger charge is -2.13. The molecule has 3 nitrogen and oxygen atoms in total. The first-order chi connectivity index (χ1) is 7.17. The molecule has 1 atom stereocenters. The second-order valence-corrected chi connectivity index (χ2v) is 3.72. The summed E-state index contributed by atoms with van der Waals surface area (Å²) in [5.41, 5.74) is 1.61. The first-order valence-electron chi connectivity index (χ1n) is 4.52. The van der Waals surface area contributed by atoms with Gasteiger partial charge in [-0.3, -0.25) is 4.79 Å². The van der Waals surface area contributed by atoms with E-state index in [0.717, 1.165) is 5.56 Å². The van der Waals surface area contributed by atoms with Crippen LogP contribution >= 0.6 is 15.9 Å². The van der Waals surface area contributed by atoms with Gasteiger partial charge >= 0.3 is 0 Å². The van der Waals surface area contributed by atoms with Gasteiger partial charge in [-0.25, -0.2) is 0 Å². The highest BCUT2D eigenvalue weighted by Gasteiger charge is 2.07. The van der Waals surface area contributed by atoms with Crippen LogP contribution in [0.25, 0.3) is 0 Å². The van der Waals surface area contributed by atoms with E-state index < -0.39 is 0 Å². The van der Waals surface area contributed by atoms with E-state index in [0.29, 0.717) is 10.9 Å². The Morgan fingerprint density at radius 2 is 2.13 bits per heavy atom. The Hall–Kier alpha value is -1.34. The van der Waals surface area contributed by atoms with Crippen molar-refractivity contribution in [3.63, 3.8) is 0 Å². The first kappa shape index (κ1) is 11.7. The second kappa shape index (κ2) is 5.52. The molecule has 0 fully saturated rings. The maximum Gasteiger partial charge on any atom is 0.231 e. The molecule has 4 heteroatoms. The second-order valence-electron chi connectivity index (χ2n) is 3.16. The molecule has 0 aromatic heterocycles. The largest absolute Gasteiger partial charge is 0.349 e. The van der Waals surface area contributed by atoms with Gasteiger partial charge in [0.2, 0.25) is 5.91 Å². The number of halogens is 1. The van der Waals surface area contributed by atoms with Crippen molar-refractivity contribution in [3.05, 3.63) is 35.4 Å². The van der Waals surface area contributed by atoms with Gasteiger partial charge in [0.25, 0.3) is 0 Å². The minimum atomic E-state index is -0.0492. The molecule has 0 aliphatic carbocycles. The molecule has 0 bridgehead atoms. The molecule has 0 saturated heterocycles. The summed E-state index contributed by atoms with van der Waals surface area (Å²) in [7, 11) is 0. The number of nitriles is 1. The Kier molecular flexibility index (Phi) is 4.32. The van der Waals surface area contributed by atoms with E-state index in [9.17, 15) is 4.79 Å². The van der Waals surface area contributed by atoms with Crippen LogP contribution < -0.4 is 5.32 Å². The lowest BCUT2D eigenvalue weighted by molar-refractivity contribution is -0.119. The predicted octanol–water partition coefficient (Wildman–Crippen LogP) is 2.13. The smallest absolute Gasteiger partial charge is 0.231 e. The summed E-state index contributed by atoms with van der Waals surface area (Å²) in [6, 6.07) is 9.19. The number of nitrogens with zero attached hydrogens (tertiary/aromatic N) is 1. The number of hydrogen-bond donors (Lipinski definition) is 1. The van der Waals surface area contributed by atoms with Crippen LogP contribution in [0, 0.1) is 11.3 Å². The molecular weight excluding hydrogens is 256 g/mol. The van der Waals surface area contributed by atoms with Crippen molar-refractivity contribution in [3.8, 4) is 6.07 Å².